The number of nitrogens with zero attached hydrogens (tertiary/aromatic N) is 2. The van der Waals surface area contributed by atoms with E-state index in [1.165, 1.54) is 0 Å². The van der Waals surface area contributed by atoms with E-state index in [-0.39, 0.29) is 5.91 Å². The van der Waals surface area contributed by atoms with Crippen LogP contribution >= 0.6 is 11.3 Å². The molecule has 7 nitrogen and oxygen atoms in total. The molecule has 0 aliphatic carbocycles. The van der Waals surface area contributed by atoms with Crippen LogP contribution in [0.2, 0.25) is 0 Å². The molecule has 3 aromatic heterocycles. The first-order valence-corrected chi connectivity index (χ1v) is 9.31. The highest BCUT2D eigenvalue weighted by Crippen LogP contribution is 2.29. The lowest BCUT2D eigenvalue weighted by Gasteiger charge is -2.06. The molecule has 1 amide bonds. The first-order valence-electron chi connectivity index (χ1n) is 8.43. The number of fused-ring (bicyclic) bond motifs is 1. The normalized spacial score (nSPS) is 11.0. The second-order valence-electron chi connectivity index (χ2n) is 6.09. The maximum Gasteiger partial charge on any atom is 0.255 e. The molecule has 0 bridgehead atoms. The highest BCUT2D eigenvalue weighted by molar-refractivity contribution is 7.09. The van der Waals surface area contributed by atoms with Crippen molar-refractivity contribution in [3.05, 3.63) is 63.6 Å². The highest BCUT2D eigenvalue weighted by atomic mass is 32.1. The summed E-state index contributed by atoms with van der Waals surface area (Å²) in [4.78, 5) is 18.0. The number of thiazole rings is 1. The lowest BCUT2D eigenvalue weighted by molar-refractivity contribution is 0.0950. The lowest BCUT2D eigenvalue weighted by atomic mass is 10.1. The van der Waals surface area contributed by atoms with E-state index < -0.39 is 0 Å². The number of hydrogen-bond donors (Lipinski definition) is 2. The van der Waals surface area contributed by atoms with Crippen LogP contribution in [-0.4, -0.2) is 21.1 Å². The molecule has 138 valence electrons. The van der Waals surface area contributed by atoms with Crippen LogP contribution in [0.25, 0.3) is 11.0 Å². The Morgan fingerprint density at radius 2 is 2.22 bits per heavy atom. The number of ether oxygens (including phenoxy) is 1. The van der Waals surface area contributed by atoms with Crippen LogP contribution in [0.4, 0.5) is 0 Å². The summed E-state index contributed by atoms with van der Waals surface area (Å²) in [6.45, 7) is 4.53. The molecule has 4 aromatic rings. The summed E-state index contributed by atoms with van der Waals surface area (Å²) in [5.74, 6) is 1.04. The van der Waals surface area contributed by atoms with Gasteiger partial charge in [-0.05, 0) is 38.1 Å². The Labute approximate surface area is 159 Å². The summed E-state index contributed by atoms with van der Waals surface area (Å²) in [6.07, 6.45) is 1.72. The standard InChI is InChI=1S/C19H18N4O3S/c1-11-17(27-10-21-11)9-25-14-3-4-16-15(7-14)18(12(2)26-16)19(24)20-8-13-5-6-22-23-13/h3-7,10H,8-9H2,1-2H3,(H,20,24)(H,22,23). The van der Waals surface area contributed by atoms with Crippen LogP contribution in [-0.2, 0) is 13.2 Å². The predicted octanol–water partition coefficient (Wildman–Crippen LogP) is 3.74. The van der Waals surface area contributed by atoms with Crippen molar-refractivity contribution in [1.82, 2.24) is 20.5 Å². The van der Waals surface area contributed by atoms with E-state index in [2.05, 4.69) is 20.5 Å². The minimum absolute atomic E-state index is 0.204. The summed E-state index contributed by atoms with van der Waals surface area (Å²) in [6, 6.07) is 7.31. The molecule has 8 heteroatoms. The van der Waals surface area contributed by atoms with Crippen molar-refractivity contribution in [2.75, 3.05) is 0 Å². The number of nitrogens with one attached hydrogen (secondary N) is 2. The van der Waals surface area contributed by atoms with Crippen molar-refractivity contribution in [3.8, 4) is 5.75 Å². The van der Waals surface area contributed by atoms with Gasteiger partial charge in [-0.15, -0.1) is 11.3 Å². The molecule has 0 spiro atoms. The summed E-state index contributed by atoms with van der Waals surface area (Å²) in [5, 5.41) is 10.4. The average molecular weight is 382 g/mol. The summed E-state index contributed by atoms with van der Waals surface area (Å²) >= 11 is 1.56. The van der Waals surface area contributed by atoms with Gasteiger partial charge in [0.15, 0.2) is 0 Å². The zero-order valence-corrected chi connectivity index (χ0v) is 15.7. The fraction of sp³-hybridized carbons (Fsp3) is 0.211. The second-order valence-corrected chi connectivity index (χ2v) is 7.03. The number of aryl methyl sites for hydroxylation is 2. The summed E-state index contributed by atoms with van der Waals surface area (Å²) < 4.78 is 11.6. The Balaban J connectivity index is 1.55. The number of carbonyl (C=O) groups is 1. The lowest BCUT2D eigenvalue weighted by Crippen LogP contribution is -2.23. The molecule has 0 radical (unpaired) electrons. The van der Waals surface area contributed by atoms with E-state index in [0.717, 1.165) is 21.7 Å². The number of hydrogen-bond acceptors (Lipinski definition) is 6. The molecule has 0 fully saturated rings. The quantitative estimate of drug-likeness (QED) is 0.530. The number of aromatic nitrogens is 3. The SMILES string of the molecule is Cc1ncsc1COc1ccc2oc(C)c(C(=O)NCc3cc[nH]n3)c2c1. The molecule has 3 heterocycles. The fourth-order valence-electron chi connectivity index (χ4n) is 2.83. The summed E-state index contributed by atoms with van der Waals surface area (Å²) in [7, 11) is 0. The third kappa shape index (κ3) is 3.56. The van der Waals surface area contributed by atoms with E-state index >= 15 is 0 Å². The number of amides is 1. The van der Waals surface area contributed by atoms with Gasteiger partial charge in [-0.3, -0.25) is 9.89 Å². The molecule has 0 atom stereocenters. The Bertz CT molecular complexity index is 1080. The average Bonchev–Trinajstić information content (AvgIpc) is 3.37. The van der Waals surface area contributed by atoms with Crippen molar-refractivity contribution in [3.63, 3.8) is 0 Å². The van der Waals surface area contributed by atoms with Gasteiger partial charge in [0.05, 0.1) is 33.9 Å². The van der Waals surface area contributed by atoms with Gasteiger partial charge in [-0.2, -0.15) is 5.10 Å². The number of furan rings is 1. The van der Waals surface area contributed by atoms with Crippen molar-refractivity contribution in [1.29, 1.82) is 0 Å². The van der Waals surface area contributed by atoms with Crippen LogP contribution in [0.15, 0.2) is 40.4 Å². The van der Waals surface area contributed by atoms with E-state index in [1.54, 1.807) is 30.0 Å². The molecule has 0 saturated carbocycles. The maximum atomic E-state index is 12.7. The summed E-state index contributed by atoms with van der Waals surface area (Å²) in [5.41, 5.74) is 4.70. The van der Waals surface area contributed by atoms with Gasteiger partial charge in [-0.25, -0.2) is 4.98 Å². The largest absolute Gasteiger partial charge is 0.488 e. The Kier molecular flexibility index (Phi) is 4.64. The minimum Gasteiger partial charge on any atom is -0.488 e. The van der Waals surface area contributed by atoms with Crippen molar-refractivity contribution >= 4 is 28.2 Å². The monoisotopic (exact) mass is 382 g/mol. The van der Waals surface area contributed by atoms with Crippen molar-refractivity contribution in [2.24, 2.45) is 0 Å². The Morgan fingerprint density at radius 1 is 1.33 bits per heavy atom. The highest BCUT2D eigenvalue weighted by Gasteiger charge is 2.19. The first-order chi connectivity index (χ1) is 13.1. The fourth-order valence-corrected chi connectivity index (χ4v) is 3.52. The Morgan fingerprint density at radius 3 is 2.96 bits per heavy atom. The molecular weight excluding hydrogens is 364 g/mol. The van der Waals surface area contributed by atoms with Crippen molar-refractivity contribution < 1.29 is 13.9 Å². The van der Waals surface area contributed by atoms with E-state index in [4.69, 9.17) is 9.15 Å². The number of aromatic amines is 1. The second kappa shape index (κ2) is 7.24. The van der Waals surface area contributed by atoms with Crippen LogP contribution in [0.3, 0.4) is 0 Å². The van der Waals surface area contributed by atoms with Gasteiger partial charge in [-0.1, -0.05) is 0 Å². The number of H-pyrrole nitrogens is 1. The molecule has 0 saturated heterocycles. The van der Waals surface area contributed by atoms with Gasteiger partial charge in [0, 0.05) is 11.6 Å². The third-order valence-corrected chi connectivity index (χ3v) is 5.17. The van der Waals surface area contributed by atoms with Crippen LogP contribution in [0, 0.1) is 13.8 Å². The predicted molar refractivity (Wildman–Crippen MR) is 102 cm³/mol. The minimum atomic E-state index is -0.204. The molecule has 4 rings (SSSR count). The van der Waals surface area contributed by atoms with Gasteiger partial charge >= 0.3 is 0 Å². The molecule has 27 heavy (non-hydrogen) atoms. The molecule has 1 aromatic carbocycles. The zero-order valence-electron chi connectivity index (χ0n) is 14.9. The number of carbonyl (C=O) groups excluding carboxylic acids is 1. The van der Waals surface area contributed by atoms with E-state index in [9.17, 15) is 4.79 Å². The Hall–Kier alpha value is -3.13. The smallest absolute Gasteiger partial charge is 0.255 e. The molecule has 0 aliphatic heterocycles. The first kappa shape index (κ1) is 17.3. The molecule has 0 aliphatic rings. The maximum absolute atomic E-state index is 12.7. The van der Waals surface area contributed by atoms with Gasteiger partial charge < -0.3 is 14.5 Å². The van der Waals surface area contributed by atoms with Gasteiger partial charge in [0.1, 0.15) is 23.7 Å². The van der Waals surface area contributed by atoms with Gasteiger partial charge in [0.25, 0.3) is 5.91 Å². The van der Waals surface area contributed by atoms with E-state index in [0.29, 0.717) is 35.8 Å². The number of rotatable bonds is 6. The third-order valence-electron chi connectivity index (χ3n) is 4.27. The molecular formula is C19H18N4O3S. The van der Waals surface area contributed by atoms with Crippen LogP contribution < -0.4 is 10.1 Å². The molecule has 2 N–H and O–H groups in total. The number of benzene rings is 1. The topological polar surface area (TPSA) is 93.0 Å². The van der Waals surface area contributed by atoms with Crippen LogP contribution in [0.1, 0.15) is 32.4 Å². The zero-order chi connectivity index (χ0) is 18.8. The van der Waals surface area contributed by atoms with Crippen LogP contribution in [0.5, 0.6) is 5.75 Å². The molecule has 0 unspecified atom stereocenters. The van der Waals surface area contributed by atoms with Crippen molar-refractivity contribution in [2.45, 2.75) is 27.0 Å². The van der Waals surface area contributed by atoms with E-state index in [1.807, 2.05) is 31.2 Å². The van der Waals surface area contributed by atoms with Gasteiger partial charge in [0.2, 0.25) is 0 Å².